The molecule has 0 atom stereocenters. The van der Waals surface area contributed by atoms with Gasteiger partial charge in [0.15, 0.2) is 0 Å². The molecule has 6 nitrogen and oxygen atoms in total. The van der Waals surface area contributed by atoms with Gasteiger partial charge < -0.3 is 5.11 Å². The van der Waals surface area contributed by atoms with Crippen LogP contribution in [-0.2, 0) is 6.67 Å². The molecule has 2 aromatic rings. The van der Waals surface area contributed by atoms with Gasteiger partial charge >= 0.3 is 12.0 Å². The van der Waals surface area contributed by atoms with Crippen LogP contribution in [0.3, 0.4) is 0 Å². The number of nitrogens with zero attached hydrogens (tertiary/aromatic N) is 3. The first-order valence-corrected chi connectivity index (χ1v) is 7.03. The number of urea groups is 1. The number of carboxylic acids is 1. The molecular formula is C16H14FN3O3. The third-order valence-electron chi connectivity index (χ3n) is 3.65. The molecule has 1 aliphatic heterocycles. The van der Waals surface area contributed by atoms with Gasteiger partial charge in [-0.2, -0.15) is 0 Å². The van der Waals surface area contributed by atoms with Gasteiger partial charge in [0.05, 0.1) is 5.56 Å². The zero-order chi connectivity index (χ0) is 16.4. The Morgan fingerprint density at radius 1 is 1.22 bits per heavy atom. The molecule has 2 amide bonds. The molecule has 1 aromatic carbocycles. The number of halogens is 1. The Kier molecular flexibility index (Phi) is 3.92. The van der Waals surface area contributed by atoms with Crippen molar-refractivity contribution >= 4 is 23.5 Å². The number of carbonyl (C=O) groups is 2. The minimum atomic E-state index is -1.04. The Labute approximate surface area is 131 Å². The molecule has 3 rings (SSSR count). The number of alkyl halides is 1. The number of carboxylic acid groups (broad SMARTS) is 1. The number of carbonyl (C=O) groups excluding carboxylic acids is 1. The van der Waals surface area contributed by atoms with Gasteiger partial charge in [-0.25, -0.2) is 19.0 Å². The van der Waals surface area contributed by atoms with Crippen LogP contribution < -0.4 is 9.80 Å². The number of hydrogen-bond donors (Lipinski definition) is 1. The van der Waals surface area contributed by atoms with Crippen LogP contribution in [0.5, 0.6) is 0 Å². The van der Waals surface area contributed by atoms with Gasteiger partial charge in [0, 0.05) is 30.5 Å². The third-order valence-corrected chi connectivity index (χ3v) is 3.65. The van der Waals surface area contributed by atoms with Gasteiger partial charge in [-0.1, -0.05) is 12.1 Å². The van der Waals surface area contributed by atoms with Crippen LogP contribution in [0.25, 0.3) is 0 Å². The SMILES string of the molecule is O=C(O)c1cccc(N2CCN(c3ccc(CF)cn3)C2=O)c1. The smallest absolute Gasteiger partial charge is 0.335 e. The monoisotopic (exact) mass is 315 g/mol. The summed E-state index contributed by atoms with van der Waals surface area (Å²) in [5, 5.41) is 9.04. The predicted octanol–water partition coefficient (Wildman–Crippen LogP) is 2.70. The molecule has 1 saturated heterocycles. The van der Waals surface area contributed by atoms with E-state index in [2.05, 4.69) is 4.98 Å². The van der Waals surface area contributed by atoms with Crippen LogP contribution in [0.4, 0.5) is 20.7 Å². The fraction of sp³-hybridized carbons (Fsp3) is 0.188. The summed E-state index contributed by atoms with van der Waals surface area (Å²) in [7, 11) is 0. The number of aromatic carboxylic acids is 1. The first-order chi connectivity index (χ1) is 11.1. The summed E-state index contributed by atoms with van der Waals surface area (Å²) in [4.78, 5) is 30.7. The van der Waals surface area contributed by atoms with Crippen LogP contribution in [0.1, 0.15) is 15.9 Å². The molecule has 0 unspecified atom stereocenters. The van der Waals surface area contributed by atoms with E-state index in [9.17, 15) is 14.0 Å². The summed E-state index contributed by atoms with van der Waals surface area (Å²) in [5.74, 6) is -0.595. The molecule has 0 saturated carbocycles. The van der Waals surface area contributed by atoms with E-state index in [-0.39, 0.29) is 11.6 Å². The van der Waals surface area contributed by atoms with Gasteiger partial charge in [0.2, 0.25) is 0 Å². The molecule has 118 valence electrons. The normalized spacial score (nSPS) is 14.4. The molecule has 2 heterocycles. The van der Waals surface area contributed by atoms with Crippen molar-refractivity contribution in [3.8, 4) is 0 Å². The lowest BCUT2D eigenvalue weighted by Crippen LogP contribution is -2.32. The minimum Gasteiger partial charge on any atom is -0.478 e. The fourth-order valence-corrected chi connectivity index (χ4v) is 2.45. The van der Waals surface area contributed by atoms with Crippen molar-refractivity contribution in [1.29, 1.82) is 0 Å². The van der Waals surface area contributed by atoms with Crippen LogP contribution in [0, 0.1) is 0 Å². The number of anilines is 2. The largest absolute Gasteiger partial charge is 0.478 e. The van der Waals surface area contributed by atoms with E-state index in [0.29, 0.717) is 30.2 Å². The number of aromatic nitrogens is 1. The molecule has 1 N–H and O–H groups in total. The third kappa shape index (κ3) is 2.85. The Bertz CT molecular complexity index is 748. The van der Waals surface area contributed by atoms with Crippen LogP contribution >= 0.6 is 0 Å². The number of pyridine rings is 1. The Morgan fingerprint density at radius 2 is 2.00 bits per heavy atom. The summed E-state index contributed by atoms with van der Waals surface area (Å²) in [6, 6.07) is 9.13. The molecule has 0 bridgehead atoms. The van der Waals surface area contributed by atoms with E-state index in [4.69, 9.17) is 5.11 Å². The Balaban J connectivity index is 1.83. The Hall–Kier alpha value is -2.96. The standard InChI is InChI=1S/C16H14FN3O3/c17-9-11-4-5-14(18-10-11)20-7-6-19(16(20)23)13-3-1-2-12(8-13)15(21)22/h1-5,8,10H,6-7,9H2,(H,21,22). The molecule has 1 fully saturated rings. The average Bonchev–Trinajstić information content (AvgIpc) is 2.96. The highest BCUT2D eigenvalue weighted by Gasteiger charge is 2.31. The number of rotatable bonds is 4. The fourth-order valence-electron chi connectivity index (χ4n) is 2.45. The van der Waals surface area contributed by atoms with Crippen molar-refractivity contribution in [2.75, 3.05) is 22.9 Å². The van der Waals surface area contributed by atoms with Gasteiger partial charge in [-0.3, -0.25) is 9.80 Å². The molecule has 1 aliphatic rings. The van der Waals surface area contributed by atoms with Crippen molar-refractivity contribution in [3.63, 3.8) is 0 Å². The van der Waals surface area contributed by atoms with Gasteiger partial charge in [-0.05, 0) is 24.3 Å². The molecule has 0 radical (unpaired) electrons. The summed E-state index contributed by atoms with van der Waals surface area (Å²) >= 11 is 0. The maximum absolute atomic E-state index is 12.5. The number of amides is 2. The van der Waals surface area contributed by atoms with Crippen molar-refractivity contribution in [2.24, 2.45) is 0 Å². The van der Waals surface area contributed by atoms with Crippen LogP contribution in [-0.4, -0.2) is 35.2 Å². The number of hydrogen-bond acceptors (Lipinski definition) is 3. The minimum absolute atomic E-state index is 0.124. The quantitative estimate of drug-likeness (QED) is 0.941. The summed E-state index contributed by atoms with van der Waals surface area (Å²) < 4.78 is 12.5. The van der Waals surface area contributed by atoms with Gasteiger partial charge in [0.25, 0.3) is 0 Å². The second-order valence-electron chi connectivity index (χ2n) is 5.10. The zero-order valence-corrected chi connectivity index (χ0v) is 12.1. The second kappa shape index (κ2) is 6.04. The summed E-state index contributed by atoms with van der Waals surface area (Å²) in [5.41, 5.74) is 1.10. The highest BCUT2D eigenvalue weighted by atomic mass is 19.1. The highest BCUT2D eigenvalue weighted by Crippen LogP contribution is 2.24. The maximum Gasteiger partial charge on any atom is 0.335 e. The average molecular weight is 315 g/mol. The van der Waals surface area contributed by atoms with E-state index < -0.39 is 12.6 Å². The molecule has 0 aliphatic carbocycles. The lowest BCUT2D eigenvalue weighted by molar-refractivity contribution is 0.0697. The van der Waals surface area contributed by atoms with Crippen molar-refractivity contribution in [2.45, 2.75) is 6.67 Å². The lowest BCUT2D eigenvalue weighted by Gasteiger charge is -2.18. The first-order valence-electron chi connectivity index (χ1n) is 7.03. The summed E-state index contributed by atoms with van der Waals surface area (Å²) in [6.07, 6.45) is 1.40. The number of benzene rings is 1. The lowest BCUT2D eigenvalue weighted by atomic mass is 10.2. The second-order valence-corrected chi connectivity index (χ2v) is 5.10. The van der Waals surface area contributed by atoms with Crippen molar-refractivity contribution in [3.05, 3.63) is 53.7 Å². The maximum atomic E-state index is 12.5. The van der Waals surface area contributed by atoms with E-state index in [1.165, 1.54) is 28.1 Å². The molecule has 23 heavy (non-hydrogen) atoms. The van der Waals surface area contributed by atoms with E-state index >= 15 is 0 Å². The molecule has 1 aromatic heterocycles. The molecule has 0 spiro atoms. The van der Waals surface area contributed by atoms with Gasteiger partial charge in [0.1, 0.15) is 12.5 Å². The molecular weight excluding hydrogens is 301 g/mol. The summed E-state index contributed by atoms with van der Waals surface area (Å²) in [6.45, 7) is 0.252. The zero-order valence-electron chi connectivity index (χ0n) is 12.1. The first kappa shape index (κ1) is 15.0. The highest BCUT2D eigenvalue weighted by molar-refractivity contribution is 6.06. The van der Waals surface area contributed by atoms with E-state index in [1.54, 1.807) is 24.3 Å². The van der Waals surface area contributed by atoms with E-state index in [0.717, 1.165) is 0 Å². The Morgan fingerprint density at radius 3 is 2.65 bits per heavy atom. The van der Waals surface area contributed by atoms with Gasteiger partial charge in [-0.15, -0.1) is 0 Å². The van der Waals surface area contributed by atoms with Crippen LogP contribution in [0.15, 0.2) is 42.6 Å². The topological polar surface area (TPSA) is 73.7 Å². The molecule has 7 heteroatoms. The van der Waals surface area contributed by atoms with Crippen molar-refractivity contribution in [1.82, 2.24) is 4.98 Å². The predicted molar refractivity (Wildman–Crippen MR) is 82.5 cm³/mol. The van der Waals surface area contributed by atoms with Crippen LogP contribution in [0.2, 0.25) is 0 Å². The van der Waals surface area contributed by atoms with E-state index in [1.807, 2.05) is 0 Å². The van der Waals surface area contributed by atoms with Crippen molar-refractivity contribution < 1.29 is 19.1 Å².